The summed E-state index contributed by atoms with van der Waals surface area (Å²) >= 11 is 0. The van der Waals surface area contributed by atoms with E-state index in [1.165, 1.54) is 6.07 Å². The smallest absolute Gasteiger partial charge is 0.126 e. The van der Waals surface area contributed by atoms with Crippen LogP contribution in [-0.2, 0) is 0 Å². The average Bonchev–Trinajstić information content (AvgIpc) is 2.24. The standard InChI is InChI=1S/C10H10FN5/c11-8-5-7(10(13)9(12)6-8)3-1-2-4-15-16-14/h5-6H,2,4,12-13H2. The predicted octanol–water partition coefficient (Wildman–Crippen LogP) is 2.04. The average molecular weight is 219 g/mol. The monoisotopic (exact) mass is 219 g/mol. The molecule has 0 fully saturated rings. The Morgan fingerprint density at radius 3 is 2.88 bits per heavy atom. The number of hydrogen-bond acceptors (Lipinski definition) is 3. The Morgan fingerprint density at radius 2 is 2.19 bits per heavy atom. The lowest BCUT2D eigenvalue weighted by atomic mass is 10.1. The normalized spacial score (nSPS) is 8.81. The third-order valence-electron chi connectivity index (χ3n) is 1.80. The van der Waals surface area contributed by atoms with Crippen molar-refractivity contribution < 1.29 is 4.39 Å². The van der Waals surface area contributed by atoms with Gasteiger partial charge in [-0.15, -0.1) is 0 Å². The van der Waals surface area contributed by atoms with Crippen molar-refractivity contribution in [2.24, 2.45) is 5.11 Å². The van der Waals surface area contributed by atoms with E-state index in [1.54, 1.807) is 0 Å². The highest BCUT2D eigenvalue weighted by Gasteiger charge is 2.02. The second kappa shape index (κ2) is 5.49. The summed E-state index contributed by atoms with van der Waals surface area (Å²) in [6, 6.07) is 2.35. The fourth-order valence-corrected chi connectivity index (χ4v) is 1.05. The van der Waals surface area contributed by atoms with Crippen LogP contribution in [0.3, 0.4) is 0 Å². The lowest BCUT2D eigenvalue weighted by Gasteiger charge is -2.02. The first-order chi connectivity index (χ1) is 7.65. The molecule has 5 nitrogen and oxygen atoms in total. The first-order valence-corrected chi connectivity index (χ1v) is 4.49. The molecule has 0 saturated heterocycles. The molecule has 0 amide bonds. The van der Waals surface area contributed by atoms with E-state index >= 15 is 0 Å². The summed E-state index contributed by atoms with van der Waals surface area (Å²) in [4.78, 5) is 2.58. The molecule has 1 rings (SSSR count). The van der Waals surface area contributed by atoms with Crippen molar-refractivity contribution in [3.63, 3.8) is 0 Å². The van der Waals surface area contributed by atoms with Crippen molar-refractivity contribution in [3.8, 4) is 11.8 Å². The minimum Gasteiger partial charge on any atom is -0.397 e. The Balaban J connectivity index is 2.84. The molecule has 0 spiro atoms. The lowest BCUT2D eigenvalue weighted by molar-refractivity contribution is 0.628. The summed E-state index contributed by atoms with van der Waals surface area (Å²) in [5, 5.41) is 3.31. The number of nitrogens with zero attached hydrogens (tertiary/aromatic N) is 3. The van der Waals surface area contributed by atoms with Gasteiger partial charge in [-0.05, 0) is 17.7 Å². The van der Waals surface area contributed by atoms with Crippen LogP contribution in [0.15, 0.2) is 17.2 Å². The van der Waals surface area contributed by atoms with E-state index in [2.05, 4.69) is 21.9 Å². The molecule has 0 atom stereocenters. The van der Waals surface area contributed by atoms with Gasteiger partial charge in [0.2, 0.25) is 0 Å². The van der Waals surface area contributed by atoms with E-state index in [4.69, 9.17) is 17.0 Å². The number of halogens is 1. The highest BCUT2D eigenvalue weighted by molar-refractivity contribution is 5.71. The van der Waals surface area contributed by atoms with Crippen molar-refractivity contribution in [2.45, 2.75) is 6.42 Å². The highest BCUT2D eigenvalue weighted by atomic mass is 19.1. The molecule has 82 valence electrons. The van der Waals surface area contributed by atoms with Gasteiger partial charge in [0.1, 0.15) is 5.82 Å². The minimum absolute atomic E-state index is 0.166. The van der Waals surface area contributed by atoms with E-state index in [0.717, 1.165) is 6.07 Å². The van der Waals surface area contributed by atoms with Crippen LogP contribution < -0.4 is 11.5 Å². The number of anilines is 2. The van der Waals surface area contributed by atoms with E-state index in [9.17, 15) is 4.39 Å². The van der Waals surface area contributed by atoms with Gasteiger partial charge in [-0.3, -0.25) is 0 Å². The third-order valence-corrected chi connectivity index (χ3v) is 1.80. The highest BCUT2D eigenvalue weighted by Crippen LogP contribution is 2.20. The number of hydrogen-bond donors (Lipinski definition) is 2. The molecular weight excluding hydrogens is 209 g/mol. The molecular formula is C10H10FN5. The summed E-state index contributed by atoms with van der Waals surface area (Å²) in [6.07, 6.45) is 0.389. The Morgan fingerprint density at radius 1 is 1.44 bits per heavy atom. The van der Waals surface area contributed by atoms with Crippen molar-refractivity contribution >= 4 is 11.4 Å². The largest absolute Gasteiger partial charge is 0.397 e. The fourth-order valence-electron chi connectivity index (χ4n) is 1.05. The molecule has 6 heteroatoms. The molecule has 0 aliphatic rings. The molecule has 1 aromatic carbocycles. The maximum absolute atomic E-state index is 13.0. The first kappa shape index (κ1) is 11.7. The molecule has 0 aliphatic heterocycles. The zero-order valence-corrected chi connectivity index (χ0v) is 8.44. The first-order valence-electron chi connectivity index (χ1n) is 4.49. The van der Waals surface area contributed by atoms with Crippen LogP contribution in [0.4, 0.5) is 15.8 Å². The number of benzene rings is 1. The summed E-state index contributed by atoms with van der Waals surface area (Å²) in [5.41, 5.74) is 19.9. The third kappa shape index (κ3) is 3.08. The number of azide groups is 1. The van der Waals surface area contributed by atoms with Crippen LogP contribution in [-0.4, -0.2) is 6.54 Å². The Kier molecular flexibility index (Phi) is 4.01. The van der Waals surface area contributed by atoms with Crippen molar-refractivity contribution in [1.82, 2.24) is 0 Å². The fraction of sp³-hybridized carbons (Fsp3) is 0.200. The molecule has 0 heterocycles. The molecule has 1 aromatic rings. The zero-order chi connectivity index (χ0) is 12.0. The molecule has 0 saturated carbocycles. The van der Waals surface area contributed by atoms with Crippen LogP contribution in [0.2, 0.25) is 0 Å². The van der Waals surface area contributed by atoms with Gasteiger partial charge in [-0.2, -0.15) is 0 Å². The second-order valence-corrected chi connectivity index (χ2v) is 2.96. The zero-order valence-electron chi connectivity index (χ0n) is 8.44. The van der Waals surface area contributed by atoms with Crippen LogP contribution in [0.25, 0.3) is 10.4 Å². The summed E-state index contributed by atoms with van der Waals surface area (Å²) in [7, 11) is 0. The Hall–Kier alpha value is -2.38. The quantitative estimate of drug-likeness (QED) is 0.198. The minimum atomic E-state index is -0.481. The summed E-state index contributed by atoms with van der Waals surface area (Å²) < 4.78 is 13.0. The van der Waals surface area contributed by atoms with Crippen LogP contribution in [0.5, 0.6) is 0 Å². The van der Waals surface area contributed by atoms with Gasteiger partial charge in [0.25, 0.3) is 0 Å². The Labute approximate surface area is 91.9 Å². The lowest BCUT2D eigenvalue weighted by Crippen LogP contribution is -1.98. The molecule has 4 N–H and O–H groups in total. The van der Waals surface area contributed by atoms with E-state index < -0.39 is 5.82 Å². The molecule has 0 radical (unpaired) electrons. The maximum atomic E-state index is 13.0. The summed E-state index contributed by atoms with van der Waals surface area (Å²) in [6.45, 7) is 0.272. The maximum Gasteiger partial charge on any atom is 0.126 e. The van der Waals surface area contributed by atoms with E-state index in [1.807, 2.05) is 0 Å². The van der Waals surface area contributed by atoms with Gasteiger partial charge in [0.15, 0.2) is 0 Å². The van der Waals surface area contributed by atoms with Crippen molar-refractivity contribution in [1.29, 1.82) is 0 Å². The van der Waals surface area contributed by atoms with Crippen LogP contribution in [0.1, 0.15) is 12.0 Å². The molecule has 0 aromatic heterocycles. The SMILES string of the molecule is [N-]=[N+]=NCCC#Cc1cc(F)cc(N)c1N. The van der Waals surface area contributed by atoms with Gasteiger partial charge in [0.05, 0.1) is 16.9 Å². The van der Waals surface area contributed by atoms with Gasteiger partial charge in [-0.25, -0.2) is 4.39 Å². The Bertz CT molecular complexity index is 494. The van der Waals surface area contributed by atoms with Crippen molar-refractivity contribution in [2.75, 3.05) is 18.0 Å². The van der Waals surface area contributed by atoms with Gasteiger partial charge in [-0.1, -0.05) is 17.0 Å². The number of rotatable bonds is 2. The molecule has 16 heavy (non-hydrogen) atoms. The van der Waals surface area contributed by atoms with Crippen molar-refractivity contribution in [3.05, 3.63) is 34.0 Å². The summed E-state index contributed by atoms with van der Waals surface area (Å²) in [5.74, 6) is 4.91. The van der Waals surface area contributed by atoms with Crippen LogP contribution >= 0.6 is 0 Å². The number of nitrogens with two attached hydrogens (primary N) is 2. The molecule has 0 aliphatic carbocycles. The van der Waals surface area contributed by atoms with Crippen LogP contribution in [0, 0.1) is 17.7 Å². The topological polar surface area (TPSA) is 101 Å². The second-order valence-electron chi connectivity index (χ2n) is 2.96. The van der Waals surface area contributed by atoms with E-state index in [0.29, 0.717) is 12.0 Å². The van der Waals surface area contributed by atoms with Gasteiger partial charge < -0.3 is 11.5 Å². The molecule has 0 unspecified atom stereocenters. The van der Waals surface area contributed by atoms with E-state index in [-0.39, 0.29) is 17.9 Å². The molecule has 0 bridgehead atoms. The van der Waals surface area contributed by atoms with Gasteiger partial charge >= 0.3 is 0 Å². The van der Waals surface area contributed by atoms with Gasteiger partial charge in [0, 0.05) is 17.9 Å². The predicted molar refractivity (Wildman–Crippen MR) is 60.7 cm³/mol. The number of nitrogen functional groups attached to an aromatic ring is 2.